The van der Waals surface area contributed by atoms with Crippen molar-refractivity contribution in [1.82, 2.24) is 9.80 Å². The second-order valence-electron chi connectivity index (χ2n) is 5.51. The molecule has 128 valence electrons. The van der Waals surface area contributed by atoms with Crippen molar-refractivity contribution in [3.8, 4) is 0 Å². The SMILES string of the molecule is C[C@@H](OC(=O)c1ccccc1)[C@H]1C(=O)N(CC(=O)O)CC(=O)N1C. The van der Waals surface area contributed by atoms with Crippen LogP contribution in [0, 0.1) is 0 Å². The average molecular weight is 334 g/mol. The average Bonchev–Trinajstić information content (AvgIpc) is 2.53. The van der Waals surface area contributed by atoms with Crippen molar-refractivity contribution in [1.29, 1.82) is 0 Å². The monoisotopic (exact) mass is 334 g/mol. The van der Waals surface area contributed by atoms with Crippen LogP contribution in [0.4, 0.5) is 0 Å². The number of carbonyl (C=O) groups is 4. The van der Waals surface area contributed by atoms with Crippen LogP contribution in [0.5, 0.6) is 0 Å². The predicted octanol–water partition coefficient (Wildman–Crippen LogP) is -0.0143. The number of piperazine rings is 1. The lowest BCUT2D eigenvalue weighted by Gasteiger charge is -2.39. The highest BCUT2D eigenvalue weighted by molar-refractivity contribution is 5.97. The molecule has 1 saturated heterocycles. The molecule has 1 N–H and O–H groups in total. The molecule has 2 atom stereocenters. The first-order chi connectivity index (χ1) is 11.3. The Morgan fingerprint density at radius 3 is 2.50 bits per heavy atom. The van der Waals surface area contributed by atoms with Gasteiger partial charge in [-0.15, -0.1) is 0 Å². The van der Waals surface area contributed by atoms with Crippen molar-refractivity contribution >= 4 is 23.8 Å². The molecular weight excluding hydrogens is 316 g/mol. The van der Waals surface area contributed by atoms with Crippen LogP contribution in [0.15, 0.2) is 30.3 Å². The molecule has 2 rings (SSSR count). The molecule has 0 saturated carbocycles. The maximum atomic E-state index is 12.5. The lowest BCUT2D eigenvalue weighted by molar-refractivity contribution is -0.161. The van der Waals surface area contributed by atoms with E-state index < -0.39 is 42.4 Å². The molecule has 1 aromatic carbocycles. The number of rotatable bonds is 5. The van der Waals surface area contributed by atoms with Crippen molar-refractivity contribution in [2.45, 2.75) is 19.1 Å². The molecule has 0 aliphatic carbocycles. The summed E-state index contributed by atoms with van der Waals surface area (Å²) in [6.07, 6.45) is -0.921. The van der Waals surface area contributed by atoms with E-state index in [1.165, 1.54) is 18.9 Å². The third-order valence-electron chi connectivity index (χ3n) is 3.77. The topological polar surface area (TPSA) is 104 Å². The molecule has 1 aliphatic heterocycles. The zero-order chi connectivity index (χ0) is 17.9. The zero-order valence-corrected chi connectivity index (χ0v) is 13.3. The summed E-state index contributed by atoms with van der Waals surface area (Å²) < 4.78 is 5.29. The van der Waals surface area contributed by atoms with E-state index in [1.54, 1.807) is 30.3 Å². The van der Waals surface area contributed by atoms with E-state index in [9.17, 15) is 19.2 Å². The largest absolute Gasteiger partial charge is 0.480 e. The normalized spacial score (nSPS) is 19.2. The maximum Gasteiger partial charge on any atom is 0.338 e. The van der Waals surface area contributed by atoms with E-state index >= 15 is 0 Å². The number of amides is 2. The minimum atomic E-state index is -1.21. The molecule has 0 radical (unpaired) electrons. The van der Waals surface area contributed by atoms with Crippen LogP contribution in [0.1, 0.15) is 17.3 Å². The van der Waals surface area contributed by atoms with Gasteiger partial charge in [0.1, 0.15) is 25.2 Å². The summed E-state index contributed by atoms with van der Waals surface area (Å²) in [7, 11) is 1.43. The number of esters is 1. The molecule has 8 heteroatoms. The minimum Gasteiger partial charge on any atom is -0.480 e. The molecule has 1 heterocycles. The van der Waals surface area contributed by atoms with Gasteiger partial charge in [0.25, 0.3) is 0 Å². The van der Waals surface area contributed by atoms with Crippen LogP contribution in [-0.4, -0.2) is 70.9 Å². The van der Waals surface area contributed by atoms with Gasteiger partial charge in [-0.25, -0.2) is 4.79 Å². The van der Waals surface area contributed by atoms with E-state index in [0.717, 1.165) is 4.90 Å². The van der Waals surface area contributed by atoms with E-state index in [4.69, 9.17) is 9.84 Å². The molecule has 24 heavy (non-hydrogen) atoms. The number of ether oxygens (including phenoxy) is 1. The standard InChI is InChI=1S/C16H18N2O6/c1-10(24-16(23)11-6-4-3-5-7-11)14-15(22)18(9-13(20)21)8-12(19)17(14)2/h3-7,10,14H,8-9H2,1-2H3,(H,20,21)/t10-,14+/m1/s1. The number of aliphatic carboxylic acids is 1. The van der Waals surface area contributed by atoms with Gasteiger partial charge in [-0.1, -0.05) is 18.2 Å². The Bertz CT molecular complexity index is 660. The lowest BCUT2D eigenvalue weighted by Crippen LogP contribution is -2.63. The fourth-order valence-corrected chi connectivity index (χ4v) is 2.55. The molecule has 1 aromatic rings. The van der Waals surface area contributed by atoms with Gasteiger partial charge in [0, 0.05) is 7.05 Å². The third-order valence-corrected chi connectivity index (χ3v) is 3.77. The summed E-state index contributed by atoms with van der Waals surface area (Å²) in [6, 6.07) is 7.20. The summed E-state index contributed by atoms with van der Waals surface area (Å²) in [5.74, 6) is -2.81. The number of hydrogen-bond acceptors (Lipinski definition) is 5. The molecule has 1 aliphatic rings. The fraction of sp³-hybridized carbons (Fsp3) is 0.375. The Hall–Kier alpha value is -2.90. The Kier molecular flexibility index (Phi) is 5.18. The fourth-order valence-electron chi connectivity index (χ4n) is 2.55. The lowest BCUT2D eigenvalue weighted by atomic mass is 10.1. The Balaban J connectivity index is 2.14. The van der Waals surface area contributed by atoms with E-state index in [2.05, 4.69) is 0 Å². The number of hydrogen-bond donors (Lipinski definition) is 1. The second kappa shape index (κ2) is 7.12. The quantitative estimate of drug-likeness (QED) is 0.759. The molecule has 0 aromatic heterocycles. The van der Waals surface area contributed by atoms with E-state index in [0.29, 0.717) is 5.56 Å². The summed E-state index contributed by atoms with van der Waals surface area (Å²) in [5.41, 5.74) is 0.323. The molecular formula is C16H18N2O6. The van der Waals surface area contributed by atoms with Gasteiger partial charge in [-0.05, 0) is 19.1 Å². The van der Waals surface area contributed by atoms with Crippen LogP contribution in [-0.2, 0) is 19.1 Å². The molecule has 8 nitrogen and oxygen atoms in total. The van der Waals surface area contributed by atoms with Crippen molar-refractivity contribution in [3.05, 3.63) is 35.9 Å². The Morgan fingerprint density at radius 1 is 1.29 bits per heavy atom. The molecule has 1 fully saturated rings. The van der Waals surface area contributed by atoms with Gasteiger partial charge in [0.2, 0.25) is 11.8 Å². The smallest absolute Gasteiger partial charge is 0.338 e. The highest BCUT2D eigenvalue weighted by Crippen LogP contribution is 2.17. The number of benzene rings is 1. The number of nitrogens with zero attached hydrogens (tertiary/aromatic N) is 2. The predicted molar refractivity (Wildman–Crippen MR) is 82.1 cm³/mol. The highest BCUT2D eigenvalue weighted by Gasteiger charge is 2.42. The Morgan fingerprint density at radius 2 is 1.92 bits per heavy atom. The molecule has 2 amide bonds. The van der Waals surface area contributed by atoms with Crippen LogP contribution >= 0.6 is 0 Å². The zero-order valence-electron chi connectivity index (χ0n) is 13.3. The van der Waals surface area contributed by atoms with Gasteiger partial charge in [-0.3, -0.25) is 14.4 Å². The van der Waals surface area contributed by atoms with Crippen molar-refractivity contribution in [3.63, 3.8) is 0 Å². The summed E-state index contributed by atoms with van der Waals surface area (Å²) in [6.45, 7) is 0.614. The number of carboxylic acid groups (broad SMARTS) is 1. The first-order valence-corrected chi connectivity index (χ1v) is 7.33. The number of likely N-dealkylation sites (N-methyl/N-ethyl adjacent to an activating group) is 1. The number of carboxylic acids is 1. The Labute approximate surface area is 138 Å². The van der Waals surface area contributed by atoms with Crippen molar-refractivity contribution < 1.29 is 29.0 Å². The van der Waals surface area contributed by atoms with Crippen LogP contribution in [0.3, 0.4) is 0 Å². The second-order valence-corrected chi connectivity index (χ2v) is 5.51. The summed E-state index contributed by atoms with van der Waals surface area (Å²) >= 11 is 0. The first-order valence-electron chi connectivity index (χ1n) is 7.33. The summed E-state index contributed by atoms with van der Waals surface area (Å²) in [4.78, 5) is 49.5. The highest BCUT2D eigenvalue weighted by atomic mass is 16.5. The molecule has 0 bridgehead atoms. The van der Waals surface area contributed by atoms with Gasteiger partial charge >= 0.3 is 11.9 Å². The maximum absolute atomic E-state index is 12.5. The van der Waals surface area contributed by atoms with E-state index in [-0.39, 0.29) is 6.54 Å². The summed E-state index contributed by atoms with van der Waals surface area (Å²) in [5, 5.41) is 8.85. The van der Waals surface area contributed by atoms with Gasteiger partial charge < -0.3 is 19.6 Å². The van der Waals surface area contributed by atoms with Gasteiger partial charge in [0.05, 0.1) is 5.56 Å². The van der Waals surface area contributed by atoms with Gasteiger partial charge in [0.15, 0.2) is 0 Å². The van der Waals surface area contributed by atoms with E-state index in [1.807, 2.05) is 0 Å². The third kappa shape index (κ3) is 3.70. The van der Waals surface area contributed by atoms with Crippen molar-refractivity contribution in [2.75, 3.05) is 20.1 Å². The molecule has 0 spiro atoms. The van der Waals surface area contributed by atoms with Gasteiger partial charge in [-0.2, -0.15) is 0 Å². The molecule has 0 unspecified atom stereocenters. The van der Waals surface area contributed by atoms with Crippen LogP contribution < -0.4 is 0 Å². The van der Waals surface area contributed by atoms with Crippen LogP contribution in [0.2, 0.25) is 0 Å². The first kappa shape index (κ1) is 17.5. The van der Waals surface area contributed by atoms with Crippen molar-refractivity contribution in [2.24, 2.45) is 0 Å². The number of carbonyl (C=O) groups excluding carboxylic acids is 3. The minimum absolute atomic E-state index is 0.308. The van der Waals surface area contributed by atoms with Crippen LogP contribution in [0.25, 0.3) is 0 Å².